The van der Waals surface area contributed by atoms with Gasteiger partial charge in [0.05, 0.1) is 5.56 Å². The molecule has 9 nitrogen and oxygen atoms in total. The van der Waals surface area contributed by atoms with Gasteiger partial charge >= 0.3 is 6.18 Å². The number of carbonyl (C=O) groups excluding carboxylic acids is 1. The van der Waals surface area contributed by atoms with Crippen molar-refractivity contribution in [2.24, 2.45) is 0 Å². The van der Waals surface area contributed by atoms with Gasteiger partial charge in [0.25, 0.3) is 0 Å². The summed E-state index contributed by atoms with van der Waals surface area (Å²) in [7, 11) is -4.30. The molecule has 0 bridgehead atoms. The number of nitrogens with zero attached hydrogens (tertiary/aromatic N) is 1. The molecule has 0 aliphatic carbocycles. The lowest BCUT2D eigenvalue weighted by Crippen LogP contribution is -2.35. The number of anilines is 2. The average Bonchev–Trinajstić information content (AvgIpc) is 3.33. The number of aryl methyl sites for hydroxylation is 1. The number of thioether (sulfide) groups is 1. The fourth-order valence-electron chi connectivity index (χ4n) is 3.76. The van der Waals surface area contributed by atoms with E-state index in [2.05, 4.69) is 20.3 Å². The molecule has 2 aliphatic heterocycles. The van der Waals surface area contributed by atoms with E-state index in [0.29, 0.717) is 48.7 Å². The molecule has 2 unspecified atom stereocenters. The number of halogens is 3. The highest BCUT2D eigenvalue weighted by atomic mass is 32.2. The van der Waals surface area contributed by atoms with Crippen molar-refractivity contribution in [3.05, 3.63) is 41.6 Å². The van der Waals surface area contributed by atoms with Crippen LogP contribution in [0.15, 0.2) is 35.4 Å². The zero-order valence-electron chi connectivity index (χ0n) is 19.0. The van der Waals surface area contributed by atoms with Crippen molar-refractivity contribution in [1.29, 1.82) is 0 Å². The maximum absolute atomic E-state index is 13.2. The van der Waals surface area contributed by atoms with Gasteiger partial charge in [0.2, 0.25) is 15.9 Å². The van der Waals surface area contributed by atoms with E-state index in [4.69, 9.17) is 4.74 Å². The summed E-state index contributed by atoms with van der Waals surface area (Å²) in [6.45, 7) is -0.389. The minimum Gasteiger partial charge on any atom is -0.491 e. The molecular formula is C22H25F3N4O5S2. The van der Waals surface area contributed by atoms with Crippen LogP contribution in [0.5, 0.6) is 5.75 Å². The Morgan fingerprint density at radius 1 is 1.28 bits per heavy atom. The Balaban J connectivity index is 1.42. The first kappa shape index (κ1) is 26.5. The number of aromatic nitrogens is 1. The van der Waals surface area contributed by atoms with Crippen molar-refractivity contribution in [3.8, 4) is 5.75 Å². The Hall–Kier alpha value is -2.55. The third-order valence-electron chi connectivity index (χ3n) is 5.64. The van der Waals surface area contributed by atoms with E-state index >= 15 is 0 Å². The minimum absolute atomic E-state index is 0.0618. The Morgan fingerprint density at radius 2 is 2.08 bits per heavy atom. The summed E-state index contributed by atoms with van der Waals surface area (Å²) in [5.74, 6) is 1.39. The van der Waals surface area contributed by atoms with Crippen LogP contribution in [0.25, 0.3) is 0 Å². The second-order valence-corrected chi connectivity index (χ2v) is 11.3. The van der Waals surface area contributed by atoms with Crippen LogP contribution < -0.4 is 20.1 Å². The number of carbonyl (C=O) groups is 1. The van der Waals surface area contributed by atoms with E-state index < -0.39 is 32.8 Å². The molecule has 1 fully saturated rings. The molecule has 3 heterocycles. The highest BCUT2D eigenvalue weighted by molar-refractivity contribution is 7.99. The van der Waals surface area contributed by atoms with Crippen LogP contribution in [-0.4, -0.2) is 61.2 Å². The first-order valence-corrected chi connectivity index (χ1v) is 13.8. The van der Waals surface area contributed by atoms with Gasteiger partial charge in [-0.15, -0.1) is 0 Å². The first-order valence-electron chi connectivity index (χ1n) is 11.2. The van der Waals surface area contributed by atoms with E-state index in [-0.39, 0.29) is 30.9 Å². The number of sulfonamides is 1. The SMILES string of the molecule is O=C1CCc2cc(OCC(O)CNc3ncc(C(F)(F)F)cc3S(=O)(=O)NC3CCSC3)ccc2N1. The number of amides is 1. The lowest BCUT2D eigenvalue weighted by Gasteiger charge is -2.19. The number of rotatable bonds is 9. The van der Waals surface area contributed by atoms with Crippen molar-refractivity contribution in [1.82, 2.24) is 9.71 Å². The number of benzene rings is 1. The number of nitrogens with one attached hydrogen (secondary N) is 3. The Bertz CT molecular complexity index is 1220. The van der Waals surface area contributed by atoms with E-state index in [9.17, 15) is 31.5 Å². The average molecular weight is 547 g/mol. The van der Waals surface area contributed by atoms with Gasteiger partial charge < -0.3 is 20.5 Å². The largest absolute Gasteiger partial charge is 0.491 e. The molecule has 0 spiro atoms. The summed E-state index contributed by atoms with van der Waals surface area (Å²) in [6, 6.07) is 5.25. The van der Waals surface area contributed by atoms with Crippen molar-refractivity contribution in [2.45, 2.75) is 42.5 Å². The predicted molar refractivity (Wildman–Crippen MR) is 129 cm³/mol. The van der Waals surface area contributed by atoms with Crippen LogP contribution in [0, 0.1) is 0 Å². The second kappa shape index (κ2) is 10.8. The van der Waals surface area contributed by atoms with E-state index in [0.717, 1.165) is 11.3 Å². The molecule has 4 N–H and O–H groups in total. The van der Waals surface area contributed by atoms with Crippen molar-refractivity contribution in [3.63, 3.8) is 0 Å². The van der Waals surface area contributed by atoms with Gasteiger partial charge in [-0.1, -0.05) is 0 Å². The summed E-state index contributed by atoms with van der Waals surface area (Å²) in [5.41, 5.74) is 0.408. The summed E-state index contributed by atoms with van der Waals surface area (Å²) in [4.78, 5) is 14.5. The van der Waals surface area contributed by atoms with Gasteiger partial charge in [0.15, 0.2) is 0 Å². The standard InChI is InChI=1S/C22H25F3N4O5S2/c23-22(24,25)14-8-19(36(32,33)29-15-5-6-35-12-15)21(26-9-14)27-10-16(30)11-34-17-2-3-18-13(7-17)1-4-20(31)28-18/h2-3,7-9,15-16,29-30H,1,4-6,10-12H2,(H,26,27)(H,28,31). The Kier molecular flexibility index (Phi) is 7.97. The predicted octanol–water partition coefficient (Wildman–Crippen LogP) is 2.62. The van der Waals surface area contributed by atoms with E-state index in [1.807, 2.05) is 0 Å². The normalized spacial score (nSPS) is 18.9. The molecule has 196 valence electrons. The highest BCUT2D eigenvalue weighted by Crippen LogP contribution is 2.33. The molecule has 2 aliphatic rings. The van der Waals surface area contributed by atoms with Gasteiger partial charge in [-0.05, 0) is 48.4 Å². The van der Waals surface area contributed by atoms with Crippen LogP contribution in [0.4, 0.5) is 24.7 Å². The van der Waals surface area contributed by atoms with Crippen LogP contribution in [0.1, 0.15) is 24.0 Å². The van der Waals surface area contributed by atoms with Gasteiger partial charge in [0, 0.05) is 36.6 Å². The number of aliphatic hydroxyl groups excluding tert-OH is 1. The maximum atomic E-state index is 13.2. The lowest BCUT2D eigenvalue weighted by atomic mass is 10.0. The third-order valence-corrected chi connectivity index (χ3v) is 8.34. The number of hydrogen-bond donors (Lipinski definition) is 4. The number of fused-ring (bicyclic) bond motifs is 1. The number of pyridine rings is 1. The summed E-state index contributed by atoms with van der Waals surface area (Å²) < 4.78 is 73.5. The smallest absolute Gasteiger partial charge is 0.417 e. The first-order chi connectivity index (χ1) is 17.0. The van der Waals surface area contributed by atoms with Crippen molar-refractivity contribution < 1.29 is 36.2 Å². The maximum Gasteiger partial charge on any atom is 0.417 e. The fraction of sp³-hybridized carbons (Fsp3) is 0.455. The van der Waals surface area contributed by atoms with Crippen LogP contribution >= 0.6 is 11.8 Å². The molecule has 36 heavy (non-hydrogen) atoms. The third kappa shape index (κ3) is 6.60. The quantitative estimate of drug-likeness (QED) is 0.378. The van der Waals surface area contributed by atoms with Crippen LogP contribution in [0.2, 0.25) is 0 Å². The summed E-state index contributed by atoms with van der Waals surface area (Å²) >= 11 is 1.55. The molecule has 14 heteroatoms. The highest BCUT2D eigenvalue weighted by Gasteiger charge is 2.34. The van der Waals surface area contributed by atoms with Crippen molar-refractivity contribution >= 4 is 39.2 Å². The monoisotopic (exact) mass is 546 g/mol. The summed E-state index contributed by atoms with van der Waals surface area (Å²) in [6.07, 6.45) is -3.86. The molecule has 1 aromatic heterocycles. The molecule has 1 amide bonds. The number of hydrogen-bond acceptors (Lipinski definition) is 8. The molecule has 2 atom stereocenters. The molecule has 0 saturated carbocycles. The molecule has 1 saturated heterocycles. The van der Waals surface area contributed by atoms with Gasteiger partial charge in [0.1, 0.15) is 29.2 Å². The van der Waals surface area contributed by atoms with Crippen LogP contribution in [-0.2, 0) is 27.4 Å². The fourth-order valence-corrected chi connectivity index (χ4v) is 6.45. The van der Waals surface area contributed by atoms with E-state index in [1.165, 1.54) is 0 Å². The Morgan fingerprint density at radius 3 is 2.81 bits per heavy atom. The topological polar surface area (TPSA) is 130 Å². The number of alkyl halides is 3. The zero-order chi connectivity index (χ0) is 25.9. The van der Waals surface area contributed by atoms with Crippen molar-refractivity contribution in [2.75, 3.05) is 35.3 Å². The van der Waals surface area contributed by atoms with Gasteiger partial charge in [-0.25, -0.2) is 18.1 Å². The lowest BCUT2D eigenvalue weighted by molar-refractivity contribution is -0.138. The number of ether oxygens (including phenoxy) is 1. The number of aliphatic hydroxyl groups is 1. The van der Waals surface area contributed by atoms with Crippen LogP contribution in [0.3, 0.4) is 0 Å². The molecule has 1 aromatic carbocycles. The van der Waals surface area contributed by atoms with E-state index in [1.54, 1.807) is 30.0 Å². The molecule has 0 radical (unpaired) electrons. The molecule has 2 aromatic rings. The van der Waals surface area contributed by atoms with Gasteiger partial charge in [-0.3, -0.25) is 4.79 Å². The van der Waals surface area contributed by atoms with Gasteiger partial charge in [-0.2, -0.15) is 24.9 Å². The summed E-state index contributed by atoms with van der Waals surface area (Å²) in [5, 5.41) is 15.7. The molecular weight excluding hydrogens is 521 g/mol. The molecule has 4 rings (SSSR count). The zero-order valence-corrected chi connectivity index (χ0v) is 20.6. The second-order valence-electron chi connectivity index (χ2n) is 8.46. The minimum atomic E-state index is -4.77. The Labute approximate surface area is 210 Å².